The van der Waals surface area contributed by atoms with Gasteiger partial charge in [0.25, 0.3) is 5.91 Å². The molecule has 0 aromatic heterocycles. The fourth-order valence-electron chi connectivity index (χ4n) is 3.19. The summed E-state index contributed by atoms with van der Waals surface area (Å²) in [6, 6.07) is 6.21. The lowest BCUT2D eigenvalue weighted by Crippen LogP contribution is -2.44. The summed E-state index contributed by atoms with van der Waals surface area (Å²) in [5.74, 6) is 1.29. The minimum atomic E-state index is 0.0504. The Hall–Kier alpha value is -0.830. The van der Waals surface area contributed by atoms with Crippen molar-refractivity contribution in [2.24, 2.45) is 11.8 Å². The Morgan fingerprint density at radius 2 is 2.00 bits per heavy atom. The van der Waals surface area contributed by atoms with Gasteiger partial charge in [-0.2, -0.15) is 0 Å². The molecule has 1 amide bonds. The topological polar surface area (TPSA) is 29.1 Å². The van der Waals surface area contributed by atoms with Crippen LogP contribution >= 0.6 is 15.9 Å². The molecule has 1 saturated carbocycles. The highest BCUT2D eigenvalue weighted by Gasteiger charge is 2.29. The number of carbonyl (C=O) groups is 1. The molecule has 2 rings (SSSR count). The van der Waals surface area contributed by atoms with Crippen molar-refractivity contribution in [3.63, 3.8) is 0 Å². The summed E-state index contributed by atoms with van der Waals surface area (Å²) in [6.45, 7) is 6.55. The molecule has 2 nitrogen and oxygen atoms in total. The number of benzene rings is 1. The van der Waals surface area contributed by atoms with Crippen molar-refractivity contribution >= 4 is 21.8 Å². The van der Waals surface area contributed by atoms with Crippen LogP contribution in [0, 0.1) is 18.8 Å². The second-order valence-corrected chi connectivity index (χ2v) is 7.11. The predicted octanol–water partition coefficient (Wildman–Crippen LogP) is 4.70. The van der Waals surface area contributed by atoms with E-state index in [0.717, 1.165) is 22.0 Å². The summed E-state index contributed by atoms with van der Waals surface area (Å²) in [4.78, 5) is 12.5. The summed E-state index contributed by atoms with van der Waals surface area (Å²) < 4.78 is 0.881. The molecule has 2 atom stereocenters. The molecule has 20 heavy (non-hydrogen) atoms. The average Bonchev–Trinajstić information content (AvgIpc) is 2.38. The van der Waals surface area contributed by atoms with E-state index in [2.05, 4.69) is 35.1 Å². The van der Waals surface area contributed by atoms with Gasteiger partial charge in [0.2, 0.25) is 0 Å². The van der Waals surface area contributed by atoms with Gasteiger partial charge >= 0.3 is 0 Å². The lowest BCUT2D eigenvalue weighted by Gasteiger charge is -2.35. The zero-order valence-electron chi connectivity index (χ0n) is 12.6. The molecule has 2 unspecified atom stereocenters. The summed E-state index contributed by atoms with van der Waals surface area (Å²) in [5, 5.41) is 3.26. The molecule has 1 aliphatic rings. The predicted molar refractivity (Wildman–Crippen MR) is 86.9 cm³/mol. The maximum Gasteiger partial charge on any atom is 0.252 e. The molecule has 0 spiro atoms. The average molecular weight is 338 g/mol. The van der Waals surface area contributed by atoms with Crippen molar-refractivity contribution in [2.45, 2.75) is 52.5 Å². The van der Waals surface area contributed by atoms with Crippen LogP contribution in [0.3, 0.4) is 0 Å². The number of halogens is 1. The Morgan fingerprint density at radius 3 is 2.65 bits per heavy atom. The van der Waals surface area contributed by atoms with Gasteiger partial charge in [0.15, 0.2) is 0 Å². The molecule has 0 heterocycles. The summed E-state index contributed by atoms with van der Waals surface area (Å²) >= 11 is 3.50. The first-order valence-electron chi connectivity index (χ1n) is 7.56. The van der Waals surface area contributed by atoms with Gasteiger partial charge in [0.05, 0.1) is 5.56 Å². The molecule has 0 saturated heterocycles. The van der Waals surface area contributed by atoms with E-state index in [1.54, 1.807) is 0 Å². The molecule has 1 fully saturated rings. The van der Waals surface area contributed by atoms with Gasteiger partial charge in [0.1, 0.15) is 0 Å². The van der Waals surface area contributed by atoms with Crippen LogP contribution in [0.5, 0.6) is 0 Å². The van der Waals surface area contributed by atoms with E-state index in [4.69, 9.17) is 0 Å². The first-order valence-corrected chi connectivity index (χ1v) is 8.35. The van der Waals surface area contributed by atoms with Crippen LogP contribution in [-0.2, 0) is 0 Å². The highest BCUT2D eigenvalue weighted by Crippen LogP contribution is 2.30. The second-order valence-electron chi connectivity index (χ2n) is 6.26. The molecule has 1 N–H and O–H groups in total. The SMILES string of the molecule is Cc1ccc(C(=O)NC2CCCCC2C(C)C)c(Br)c1. The maximum absolute atomic E-state index is 12.5. The number of nitrogens with one attached hydrogen (secondary N) is 1. The van der Waals surface area contributed by atoms with Crippen LogP contribution in [0.4, 0.5) is 0 Å². The van der Waals surface area contributed by atoms with E-state index in [0.29, 0.717) is 17.9 Å². The Kier molecular flexibility index (Phi) is 5.25. The number of rotatable bonds is 3. The zero-order chi connectivity index (χ0) is 14.7. The first-order chi connectivity index (χ1) is 9.49. The Bertz CT molecular complexity index is 484. The van der Waals surface area contributed by atoms with Crippen molar-refractivity contribution in [3.05, 3.63) is 33.8 Å². The van der Waals surface area contributed by atoms with Crippen molar-refractivity contribution in [3.8, 4) is 0 Å². The van der Waals surface area contributed by atoms with Gasteiger partial charge in [0, 0.05) is 10.5 Å². The van der Waals surface area contributed by atoms with Crippen molar-refractivity contribution in [1.82, 2.24) is 5.32 Å². The maximum atomic E-state index is 12.5. The third-order valence-electron chi connectivity index (χ3n) is 4.36. The summed E-state index contributed by atoms with van der Waals surface area (Å²) in [7, 11) is 0. The van der Waals surface area contributed by atoms with Gasteiger partial charge in [-0.15, -0.1) is 0 Å². The molecule has 1 aromatic rings. The highest BCUT2D eigenvalue weighted by atomic mass is 79.9. The molecule has 0 bridgehead atoms. The van der Waals surface area contributed by atoms with E-state index in [-0.39, 0.29) is 5.91 Å². The van der Waals surface area contributed by atoms with Crippen molar-refractivity contribution in [2.75, 3.05) is 0 Å². The first kappa shape index (κ1) is 15.6. The standard InChI is InChI=1S/C17H24BrNO/c1-11(2)13-6-4-5-7-16(13)19-17(20)14-9-8-12(3)10-15(14)18/h8-11,13,16H,4-7H2,1-3H3,(H,19,20). The van der Waals surface area contributed by atoms with Crippen LogP contribution in [0.1, 0.15) is 55.5 Å². The smallest absolute Gasteiger partial charge is 0.252 e. The zero-order valence-corrected chi connectivity index (χ0v) is 14.2. The highest BCUT2D eigenvalue weighted by molar-refractivity contribution is 9.10. The quantitative estimate of drug-likeness (QED) is 0.850. The number of hydrogen-bond acceptors (Lipinski definition) is 1. The van der Waals surface area contributed by atoms with Gasteiger partial charge in [-0.25, -0.2) is 0 Å². The van der Waals surface area contributed by atoms with Gasteiger partial charge < -0.3 is 5.32 Å². The van der Waals surface area contributed by atoms with Crippen LogP contribution in [0.15, 0.2) is 22.7 Å². The second kappa shape index (κ2) is 6.75. The Morgan fingerprint density at radius 1 is 1.30 bits per heavy atom. The van der Waals surface area contributed by atoms with Crippen LogP contribution in [-0.4, -0.2) is 11.9 Å². The fourth-order valence-corrected chi connectivity index (χ4v) is 3.86. The molecule has 0 radical (unpaired) electrons. The Balaban J connectivity index is 2.09. The molecular weight excluding hydrogens is 314 g/mol. The molecule has 0 aliphatic heterocycles. The number of amides is 1. The summed E-state index contributed by atoms with van der Waals surface area (Å²) in [5.41, 5.74) is 1.90. The summed E-state index contributed by atoms with van der Waals surface area (Å²) in [6.07, 6.45) is 4.86. The monoisotopic (exact) mass is 337 g/mol. The molecular formula is C17H24BrNO. The third kappa shape index (κ3) is 3.63. The van der Waals surface area contributed by atoms with Gasteiger partial charge in [-0.05, 0) is 65.2 Å². The fraction of sp³-hybridized carbons (Fsp3) is 0.588. The molecule has 110 valence electrons. The Labute approximate surface area is 130 Å². The normalized spacial score (nSPS) is 22.9. The largest absolute Gasteiger partial charge is 0.349 e. The number of carbonyl (C=O) groups excluding carboxylic acids is 1. The minimum absolute atomic E-state index is 0.0504. The third-order valence-corrected chi connectivity index (χ3v) is 5.02. The van der Waals surface area contributed by atoms with E-state index >= 15 is 0 Å². The molecule has 1 aromatic carbocycles. The minimum Gasteiger partial charge on any atom is -0.349 e. The van der Waals surface area contributed by atoms with Crippen LogP contribution in [0.25, 0.3) is 0 Å². The van der Waals surface area contributed by atoms with Crippen molar-refractivity contribution in [1.29, 1.82) is 0 Å². The van der Waals surface area contributed by atoms with E-state index in [1.165, 1.54) is 19.3 Å². The van der Waals surface area contributed by atoms with Gasteiger partial charge in [-0.3, -0.25) is 4.79 Å². The van der Waals surface area contributed by atoms with Crippen LogP contribution < -0.4 is 5.32 Å². The number of hydrogen-bond donors (Lipinski definition) is 1. The molecule has 1 aliphatic carbocycles. The van der Waals surface area contributed by atoms with Crippen LogP contribution in [0.2, 0.25) is 0 Å². The van der Waals surface area contributed by atoms with E-state index < -0.39 is 0 Å². The van der Waals surface area contributed by atoms with E-state index in [9.17, 15) is 4.79 Å². The lowest BCUT2D eigenvalue weighted by molar-refractivity contribution is 0.0888. The van der Waals surface area contributed by atoms with Gasteiger partial charge in [-0.1, -0.05) is 32.8 Å². The molecule has 3 heteroatoms. The lowest BCUT2D eigenvalue weighted by atomic mass is 9.78. The van der Waals surface area contributed by atoms with Crippen molar-refractivity contribution < 1.29 is 4.79 Å². The van der Waals surface area contributed by atoms with E-state index in [1.807, 2.05) is 25.1 Å². The number of aryl methyl sites for hydroxylation is 1.